The Balaban J connectivity index is 3.36. The van der Waals surface area contributed by atoms with Crippen molar-refractivity contribution < 1.29 is 24.5 Å². The van der Waals surface area contributed by atoms with E-state index < -0.39 is 12.1 Å². The van der Waals surface area contributed by atoms with Crippen LogP contribution < -0.4 is 5.32 Å². The predicted molar refractivity (Wildman–Crippen MR) is 347 cm³/mol. The van der Waals surface area contributed by atoms with E-state index in [9.17, 15) is 19.8 Å². The molecule has 79 heavy (non-hydrogen) atoms. The van der Waals surface area contributed by atoms with Gasteiger partial charge in [0.15, 0.2) is 0 Å². The molecule has 0 bridgehead atoms. The molecule has 6 nitrogen and oxygen atoms in total. The van der Waals surface area contributed by atoms with Crippen molar-refractivity contribution in [3.8, 4) is 0 Å². The van der Waals surface area contributed by atoms with Crippen LogP contribution >= 0.6 is 0 Å². The van der Waals surface area contributed by atoms with Crippen LogP contribution in [0.1, 0.15) is 393 Å². The lowest BCUT2D eigenvalue weighted by molar-refractivity contribution is -0.143. The number of rotatable bonds is 67. The van der Waals surface area contributed by atoms with E-state index in [1.54, 1.807) is 0 Å². The molecule has 0 aromatic rings. The zero-order chi connectivity index (χ0) is 57.1. The van der Waals surface area contributed by atoms with Crippen LogP contribution in [-0.4, -0.2) is 47.4 Å². The van der Waals surface area contributed by atoms with Gasteiger partial charge in [-0.2, -0.15) is 0 Å². The molecule has 3 N–H and O–H groups in total. The number of aliphatic hydroxyl groups is 2. The van der Waals surface area contributed by atoms with Crippen LogP contribution in [0.25, 0.3) is 0 Å². The zero-order valence-corrected chi connectivity index (χ0v) is 53.4. The summed E-state index contributed by atoms with van der Waals surface area (Å²) in [5.74, 6) is -0.0263. The maximum absolute atomic E-state index is 12.5. The fourth-order valence-electron chi connectivity index (χ4n) is 11.2. The van der Waals surface area contributed by atoms with Crippen molar-refractivity contribution in [1.82, 2.24) is 5.32 Å². The number of hydrogen-bond acceptors (Lipinski definition) is 5. The first-order valence-electron chi connectivity index (χ1n) is 35.7. The summed E-state index contributed by atoms with van der Waals surface area (Å²) < 4.78 is 5.48. The van der Waals surface area contributed by atoms with E-state index in [2.05, 4.69) is 55.6 Å². The second-order valence-electron chi connectivity index (χ2n) is 24.6. The number of hydrogen-bond donors (Lipinski definition) is 3. The lowest BCUT2D eigenvalue weighted by Crippen LogP contribution is -2.45. The molecule has 2 unspecified atom stereocenters. The number of allylic oxidation sites excluding steroid dienone is 6. The fraction of sp³-hybridized carbons (Fsp3) is 0.890. The smallest absolute Gasteiger partial charge is 0.305 e. The van der Waals surface area contributed by atoms with E-state index in [4.69, 9.17) is 4.74 Å². The SMILES string of the molecule is CCCC/C=C\C/C=C\CCCCCCCC(=O)OCCCCCCCCCCCCCC/C=C\CCCCCCCCCCCCCCCCCC(=O)NC(CO)C(O)CCCCCCCCCCCCCCCCCCC. The molecule has 2 atom stereocenters. The monoisotopic (exact) mass is 1110 g/mol. The zero-order valence-electron chi connectivity index (χ0n) is 53.4. The topological polar surface area (TPSA) is 95.9 Å². The van der Waals surface area contributed by atoms with E-state index >= 15 is 0 Å². The molecule has 0 saturated heterocycles. The van der Waals surface area contributed by atoms with Crippen LogP contribution in [0, 0.1) is 0 Å². The summed E-state index contributed by atoms with van der Waals surface area (Å²) in [5.41, 5.74) is 0. The third-order valence-corrected chi connectivity index (χ3v) is 16.7. The third-order valence-electron chi connectivity index (χ3n) is 16.7. The van der Waals surface area contributed by atoms with Crippen molar-refractivity contribution in [2.45, 2.75) is 405 Å². The average Bonchev–Trinajstić information content (AvgIpc) is 3.45. The van der Waals surface area contributed by atoms with Gasteiger partial charge in [0.25, 0.3) is 0 Å². The number of amides is 1. The van der Waals surface area contributed by atoms with Gasteiger partial charge in [0.1, 0.15) is 0 Å². The van der Waals surface area contributed by atoms with Crippen LogP contribution in [0.15, 0.2) is 36.5 Å². The molecule has 0 fully saturated rings. The van der Waals surface area contributed by atoms with E-state index in [1.165, 1.54) is 308 Å². The summed E-state index contributed by atoms with van der Waals surface area (Å²) in [6, 6.07) is -0.540. The van der Waals surface area contributed by atoms with Crippen molar-refractivity contribution in [3.05, 3.63) is 36.5 Å². The summed E-state index contributed by atoms with van der Waals surface area (Å²) in [5, 5.41) is 23.4. The number of nitrogens with one attached hydrogen (secondary N) is 1. The number of aliphatic hydroxyl groups excluding tert-OH is 2. The Morgan fingerprint density at radius 2 is 0.646 bits per heavy atom. The number of unbranched alkanes of at least 4 members (excludes halogenated alkanes) is 50. The van der Waals surface area contributed by atoms with Gasteiger partial charge in [-0.25, -0.2) is 0 Å². The van der Waals surface area contributed by atoms with E-state index in [-0.39, 0.29) is 18.5 Å². The summed E-state index contributed by atoms with van der Waals surface area (Å²) >= 11 is 0. The van der Waals surface area contributed by atoms with Crippen molar-refractivity contribution in [1.29, 1.82) is 0 Å². The second kappa shape index (κ2) is 68.6. The van der Waals surface area contributed by atoms with Crippen LogP contribution in [0.3, 0.4) is 0 Å². The molecule has 0 aromatic carbocycles. The minimum Gasteiger partial charge on any atom is -0.466 e. The molecule has 0 aromatic heterocycles. The average molecular weight is 1110 g/mol. The molecule has 0 aliphatic rings. The Morgan fingerprint density at radius 1 is 0.354 bits per heavy atom. The van der Waals surface area contributed by atoms with Gasteiger partial charge in [-0.15, -0.1) is 0 Å². The van der Waals surface area contributed by atoms with E-state index in [1.807, 2.05) is 0 Å². The first-order valence-corrected chi connectivity index (χ1v) is 35.7. The Morgan fingerprint density at radius 3 is 1.01 bits per heavy atom. The largest absolute Gasteiger partial charge is 0.466 e. The quantitative estimate of drug-likeness (QED) is 0.0320. The predicted octanol–water partition coefficient (Wildman–Crippen LogP) is 23.1. The summed E-state index contributed by atoms with van der Waals surface area (Å²) in [7, 11) is 0. The van der Waals surface area contributed by atoms with Gasteiger partial charge < -0.3 is 20.3 Å². The van der Waals surface area contributed by atoms with Gasteiger partial charge in [0, 0.05) is 12.8 Å². The van der Waals surface area contributed by atoms with Crippen molar-refractivity contribution in [2.75, 3.05) is 13.2 Å². The van der Waals surface area contributed by atoms with E-state index in [0.717, 1.165) is 51.4 Å². The Bertz CT molecular complexity index is 1280. The van der Waals surface area contributed by atoms with Crippen LogP contribution in [0.4, 0.5) is 0 Å². The molecule has 0 radical (unpaired) electrons. The molecule has 0 spiro atoms. The van der Waals surface area contributed by atoms with Gasteiger partial charge >= 0.3 is 5.97 Å². The highest BCUT2D eigenvalue weighted by atomic mass is 16.5. The third kappa shape index (κ3) is 65.1. The molecule has 0 heterocycles. The van der Waals surface area contributed by atoms with Crippen molar-refractivity contribution in [2.24, 2.45) is 0 Å². The minimum absolute atomic E-state index is 0.00335. The molecule has 0 aliphatic carbocycles. The normalized spacial score (nSPS) is 12.7. The van der Waals surface area contributed by atoms with Crippen molar-refractivity contribution in [3.63, 3.8) is 0 Å². The maximum Gasteiger partial charge on any atom is 0.305 e. The molecule has 6 heteroatoms. The number of carbonyl (C=O) groups is 2. The van der Waals surface area contributed by atoms with Crippen LogP contribution in [0.5, 0.6) is 0 Å². The van der Waals surface area contributed by atoms with Gasteiger partial charge in [0.05, 0.1) is 25.4 Å². The van der Waals surface area contributed by atoms with Gasteiger partial charge in [0.2, 0.25) is 5.91 Å². The number of esters is 1. The molecule has 1 amide bonds. The maximum atomic E-state index is 12.5. The number of carbonyl (C=O) groups excluding carboxylic acids is 2. The molecule has 0 rings (SSSR count). The fourth-order valence-corrected chi connectivity index (χ4v) is 11.2. The standard InChI is InChI=1S/C73H139NO5/c1-3-5-7-9-11-13-15-17-19-35-38-41-45-49-53-57-61-65-71(76)70(69-75)74-72(77)66-62-58-54-50-46-42-39-36-33-31-29-27-25-23-21-20-22-24-26-28-30-32-34-37-40-44-48-52-56-60-64-68-79-73(78)67-63-59-55-51-47-43-18-16-14-12-10-8-6-4-2/h10,12,16,18,22,24,70-71,75-76H,3-9,11,13-15,17,19-21,23,25-69H2,1-2H3,(H,74,77)/b12-10-,18-16-,24-22-. The molecule has 0 saturated carbocycles. The molecular weight excluding hydrogens is 971 g/mol. The van der Waals surface area contributed by atoms with Crippen LogP contribution in [0.2, 0.25) is 0 Å². The number of ether oxygens (including phenoxy) is 1. The van der Waals surface area contributed by atoms with Crippen LogP contribution in [-0.2, 0) is 14.3 Å². The Kier molecular flexibility index (Phi) is 66.9. The highest BCUT2D eigenvalue weighted by molar-refractivity contribution is 5.76. The van der Waals surface area contributed by atoms with Crippen molar-refractivity contribution >= 4 is 11.9 Å². The van der Waals surface area contributed by atoms with Gasteiger partial charge in [-0.3, -0.25) is 9.59 Å². The molecular formula is C73H139NO5. The van der Waals surface area contributed by atoms with E-state index in [0.29, 0.717) is 25.9 Å². The summed E-state index contributed by atoms with van der Waals surface area (Å²) in [4.78, 5) is 24.6. The highest BCUT2D eigenvalue weighted by Gasteiger charge is 2.20. The Labute approximate surface area is 494 Å². The van der Waals surface area contributed by atoms with Gasteiger partial charge in [-0.1, -0.05) is 339 Å². The second-order valence-corrected chi connectivity index (χ2v) is 24.6. The summed E-state index contributed by atoms with van der Waals surface area (Å²) in [6.45, 7) is 4.94. The Hall–Kier alpha value is -1.92. The lowest BCUT2D eigenvalue weighted by Gasteiger charge is -2.22. The summed E-state index contributed by atoms with van der Waals surface area (Å²) in [6.07, 6.45) is 87.7. The van der Waals surface area contributed by atoms with Gasteiger partial charge in [-0.05, 0) is 77.0 Å². The molecule has 0 aliphatic heterocycles. The lowest BCUT2D eigenvalue weighted by atomic mass is 10.0. The first kappa shape index (κ1) is 77.1. The first-order chi connectivity index (χ1) is 39.0. The highest BCUT2D eigenvalue weighted by Crippen LogP contribution is 2.19. The minimum atomic E-state index is -0.663. The molecule has 466 valence electrons.